The van der Waals surface area contributed by atoms with Gasteiger partial charge < -0.3 is 20.0 Å². The largest absolute Gasteiger partial charge is 0.480 e. The number of ether oxygens (including phenoxy) is 1. The van der Waals surface area contributed by atoms with Crippen LogP contribution in [0.4, 0.5) is 14.5 Å². The van der Waals surface area contributed by atoms with Crippen LogP contribution in [-0.4, -0.2) is 35.0 Å². The molecule has 126 valence electrons. The number of carboxylic acids is 1. The van der Waals surface area contributed by atoms with Crippen molar-refractivity contribution in [2.24, 2.45) is 0 Å². The van der Waals surface area contributed by atoms with E-state index in [1.807, 2.05) is 0 Å². The monoisotopic (exact) mass is 329 g/mol. The summed E-state index contributed by atoms with van der Waals surface area (Å²) in [5.74, 6) is -4.69. The molecule has 1 unspecified atom stereocenters. The summed E-state index contributed by atoms with van der Waals surface area (Å²) in [6, 6.07) is -0.182. The molecule has 6 nitrogen and oxygen atoms in total. The average Bonchev–Trinajstić information content (AvgIpc) is 2.34. The van der Waals surface area contributed by atoms with Gasteiger partial charge in [-0.25, -0.2) is 18.4 Å². The maximum absolute atomic E-state index is 14.0. The SMILES string of the molecule is CC(C)(C)OC(=O)c1c(F)cc(F)cc1NC(CC=O)C(=O)O. The van der Waals surface area contributed by atoms with Crippen LogP contribution in [0.3, 0.4) is 0 Å². The lowest BCUT2D eigenvalue weighted by atomic mass is 10.1. The lowest BCUT2D eigenvalue weighted by molar-refractivity contribution is -0.138. The number of esters is 1. The van der Waals surface area contributed by atoms with Crippen LogP contribution in [0.1, 0.15) is 37.6 Å². The lowest BCUT2D eigenvalue weighted by Gasteiger charge is -2.22. The Balaban J connectivity index is 3.27. The Morgan fingerprint density at radius 3 is 2.43 bits per heavy atom. The fourth-order valence-corrected chi connectivity index (χ4v) is 1.73. The van der Waals surface area contributed by atoms with E-state index >= 15 is 0 Å². The van der Waals surface area contributed by atoms with Crippen molar-refractivity contribution in [3.8, 4) is 0 Å². The van der Waals surface area contributed by atoms with E-state index in [1.54, 1.807) is 20.8 Å². The van der Waals surface area contributed by atoms with Crippen molar-refractivity contribution >= 4 is 23.9 Å². The van der Waals surface area contributed by atoms with Crippen LogP contribution in [0.5, 0.6) is 0 Å². The second-order valence-corrected chi connectivity index (χ2v) is 5.75. The Hall–Kier alpha value is -2.51. The molecule has 1 rings (SSSR count). The van der Waals surface area contributed by atoms with Gasteiger partial charge in [-0.05, 0) is 26.8 Å². The molecule has 0 saturated carbocycles. The van der Waals surface area contributed by atoms with E-state index in [1.165, 1.54) is 0 Å². The number of halogens is 2. The highest BCUT2D eigenvalue weighted by Crippen LogP contribution is 2.25. The molecule has 8 heteroatoms. The fourth-order valence-electron chi connectivity index (χ4n) is 1.73. The number of aldehydes is 1. The van der Waals surface area contributed by atoms with E-state index in [0.29, 0.717) is 12.4 Å². The number of rotatable bonds is 6. The molecule has 0 aliphatic rings. The van der Waals surface area contributed by atoms with E-state index in [2.05, 4.69) is 5.32 Å². The summed E-state index contributed by atoms with van der Waals surface area (Å²) in [4.78, 5) is 33.6. The molecule has 1 aromatic rings. The zero-order valence-corrected chi connectivity index (χ0v) is 12.9. The van der Waals surface area contributed by atoms with Gasteiger partial charge in [0.25, 0.3) is 0 Å². The molecule has 0 saturated heterocycles. The van der Waals surface area contributed by atoms with Gasteiger partial charge in [0, 0.05) is 12.5 Å². The van der Waals surface area contributed by atoms with Gasteiger partial charge in [-0.3, -0.25) is 0 Å². The molecule has 0 aliphatic heterocycles. The van der Waals surface area contributed by atoms with Gasteiger partial charge in [-0.1, -0.05) is 0 Å². The Bertz CT molecular complexity index is 625. The number of carbonyl (C=O) groups excluding carboxylic acids is 2. The number of hydrogen-bond acceptors (Lipinski definition) is 5. The topological polar surface area (TPSA) is 92.7 Å². The van der Waals surface area contributed by atoms with Crippen molar-refractivity contribution in [2.75, 3.05) is 5.32 Å². The Labute approximate surface area is 131 Å². The van der Waals surface area contributed by atoms with Crippen molar-refractivity contribution in [1.29, 1.82) is 0 Å². The van der Waals surface area contributed by atoms with Gasteiger partial charge in [0.05, 0.1) is 5.69 Å². The van der Waals surface area contributed by atoms with E-state index < -0.39 is 52.9 Å². The highest BCUT2D eigenvalue weighted by Gasteiger charge is 2.27. The first-order valence-corrected chi connectivity index (χ1v) is 6.70. The molecular formula is C15H17F2NO5. The third-order valence-electron chi connectivity index (χ3n) is 2.62. The van der Waals surface area contributed by atoms with E-state index in [4.69, 9.17) is 9.84 Å². The molecule has 1 atom stereocenters. The van der Waals surface area contributed by atoms with Gasteiger partial charge in [0.15, 0.2) is 0 Å². The summed E-state index contributed by atoms with van der Waals surface area (Å²) in [5, 5.41) is 11.3. The molecule has 0 aromatic heterocycles. The minimum absolute atomic E-state index is 0.342. The standard InChI is InChI=1S/C15H17F2NO5/c1-15(2,3)23-14(22)12-9(17)6-8(16)7-11(12)18-10(4-5-19)13(20)21/h5-7,10,18H,4H2,1-3H3,(H,20,21). The summed E-state index contributed by atoms with van der Waals surface area (Å²) in [6.07, 6.45) is -0.101. The molecule has 23 heavy (non-hydrogen) atoms. The summed E-state index contributed by atoms with van der Waals surface area (Å²) in [7, 11) is 0. The van der Waals surface area contributed by atoms with Crippen LogP contribution in [0.15, 0.2) is 12.1 Å². The maximum atomic E-state index is 14.0. The van der Waals surface area contributed by atoms with Crippen molar-refractivity contribution < 1.29 is 33.0 Å². The second-order valence-electron chi connectivity index (χ2n) is 5.75. The Kier molecular flexibility index (Phi) is 5.78. The average molecular weight is 329 g/mol. The molecule has 0 fully saturated rings. The Morgan fingerprint density at radius 1 is 1.35 bits per heavy atom. The summed E-state index contributed by atoms with van der Waals surface area (Å²) >= 11 is 0. The minimum atomic E-state index is -1.44. The maximum Gasteiger partial charge on any atom is 0.343 e. The van der Waals surface area contributed by atoms with E-state index in [0.717, 1.165) is 6.07 Å². The number of anilines is 1. The van der Waals surface area contributed by atoms with E-state index in [-0.39, 0.29) is 0 Å². The molecule has 0 radical (unpaired) electrons. The number of hydrogen-bond donors (Lipinski definition) is 2. The molecule has 0 bridgehead atoms. The van der Waals surface area contributed by atoms with Crippen LogP contribution >= 0.6 is 0 Å². The molecule has 0 spiro atoms. The summed E-state index contributed by atoms with van der Waals surface area (Å²) in [6.45, 7) is 4.68. The zero-order chi connectivity index (χ0) is 17.8. The third kappa shape index (κ3) is 5.32. The number of nitrogens with one attached hydrogen (secondary N) is 1. The number of aliphatic carboxylic acids is 1. The highest BCUT2D eigenvalue weighted by molar-refractivity contribution is 5.97. The van der Waals surface area contributed by atoms with Crippen molar-refractivity contribution in [3.05, 3.63) is 29.3 Å². The van der Waals surface area contributed by atoms with Crippen molar-refractivity contribution in [3.63, 3.8) is 0 Å². The van der Waals surface area contributed by atoms with E-state index in [9.17, 15) is 23.2 Å². The van der Waals surface area contributed by atoms with Gasteiger partial charge in [-0.15, -0.1) is 0 Å². The van der Waals surface area contributed by atoms with Gasteiger partial charge in [-0.2, -0.15) is 0 Å². The van der Waals surface area contributed by atoms with Gasteiger partial charge in [0.1, 0.15) is 35.1 Å². The number of benzene rings is 1. The molecule has 0 amide bonds. The van der Waals surface area contributed by atoms with Gasteiger partial charge >= 0.3 is 11.9 Å². The predicted molar refractivity (Wildman–Crippen MR) is 77.3 cm³/mol. The van der Waals surface area contributed by atoms with Gasteiger partial charge in [0.2, 0.25) is 0 Å². The first-order chi connectivity index (χ1) is 10.5. The molecular weight excluding hydrogens is 312 g/mol. The first-order valence-electron chi connectivity index (χ1n) is 6.70. The quantitative estimate of drug-likeness (QED) is 0.615. The second kappa shape index (κ2) is 7.17. The van der Waals surface area contributed by atoms with Crippen LogP contribution in [0, 0.1) is 11.6 Å². The number of carbonyl (C=O) groups is 3. The smallest absolute Gasteiger partial charge is 0.343 e. The van der Waals surface area contributed by atoms with Crippen LogP contribution in [0.2, 0.25) is 0 Å². The highest BCUT2D eigenvalue weighted by atomic mass is 19.1. The Morgan fingerprint density at radius 2 is 1.96 bits per heavy atom. The van der Waals surface area contributed by atoms with Crippen LogP contribution in [0.25, 0.3) is 0 Å². The molecule has 2 N–H and O–H groups in total. The molecule has 1 aromatic carbocycles. The molecule has 0 heterocycles. The first kappa shape index (κ1) is 18.5. The fraction of sp³-hybridized carbons (Fsp3) is 0.400. The van der Waals surface area contributed by atoms with Crippen LogP contribution in [-0.2, 0) is 14.3 Å². The van der Waals surface area contributed by atoms with Crippen molar-refractivity contribution in [1.82, 2.24) is 0 Å². The molecule has 0 aliphatic carbocycles. The minimum Gasteiger partial charge on any atom is -0.480 e. The van der Waals surface area contributed by atoms with Crippen LogP contribution < -0.4 is 5.32 Å². The predicted octanol–water partition coefficient (Wildman–Crippen LogP) is 2.37. The summed E-state index contributed by atoms with van der Waals surface area (Å²) in [5.41, 5.74) is -1.95. The van der Waals surface area contributed by atoms with Crippen molar-refractivity contribution in [2.45, 2.75) is 38.8 Å². The number of carboxylic acid groups (broad SMARTS) is 1. The summed E-state index contributed by atoms with van der Waals surface area (Å²) < 4.78 is 32.4. The normalized spacial score (nSPS) is 12.4. The zero-order valence-electron chi connectivity index (χ0n) is 12.9. The lowest BCUT2D eigenvalue weighted by Crippen LogP contribution is -2.31. The third-order valence-corrected chi connectivity index (χ3v) is 2.62.